The number of hydrogen-bond donors (Lipinski definition) is 3. The van der Waals surface area contributed by atoms with Crippen molar-refractivity contribution in [2.75, 3.05) is 19.6 Å². The third-order valence-corrected chi connectivity index (χ3v) is 4.22. The van der Waals surface area contributed by atoms with Crippen LogP contribution in [-0.4, -0.2) is 46.7 Å². The van der Waals surface area contributed by atoms with Crippen LogP contribution in [0.25, 0.3) is 0 Å². The first kappa shape index (κ1) is 14.2. The molecule has 1 unspecified atom stereocenters. The molecular formula is C16H22N2O3. The molecule has 3 N–H and O–H groups in total. The van der Waals surface area contributed by atoms with Crippen LogP contribution < -0.4 is 5.32 Å². The maximum Gasteiger partial charge on any atom is 0.254 e. The normalized spacial score (nSPS) is 21.4. The summed E-state index contributed by atoms with van der Waals surface area (Å²) < 4.78 is 0. The second-order valence-electron chi connectivity index (χ2n) is 6.18. The molecule has 1 saturated carbocycles. The van der Waals surface area contributed by atoms with Gasteiger partial charge in [0.2, 0.25) is 0 Å². The van der Waals surface area contributed by atoms with Crippen molar-refractivity contribution in [3.8, 4) is 11.5 Å². The van der Waals surface area contributed by atoms with Gasteiger partial charge in [0, 0.05) is 30.8 Å². The van der Waals surface area contributed by atoms with Gasteiger partial charge in [0.05, 0.1) is 0 Å². The number of carbonyl (C=O) groups excluding carboxylic acids is 1. The van der Waals surface area contributed by atoms with Crippen LogP contribution in [0.3, 0.4) is 0 Å². The Balaban J connectivity index is 1.74. The first-order valence-electron chi connectivity index (χ1n) is 7.67. The second-order valence-corrected chi connectivity index (χ2v) is 6.18. The van der Waals surface area contributed by atoms with Gasteiger partial charge < -0.3 is 20.4 Å². The summed E-state index contributed by atoms with van der Waals surface area (Å²) in [5.41, 5.74) is 0.353. The van der Waals surface area contributed by atoms with E-state index in [-0.39, 0.29) is 17.4 Å². The topological polar surface area (TPSA) is 72.8 Å². The SMILES string of the molecule is O=C(c1cc(O)cc(O)c1)N(CC1CC1)CC1CCCN1. The number of aromatic hydroxyl groups is 2. The molecular weight excluding hydrogens is 268 g/mol. The fraction of sp³-hybridized carbons (Fsp3) is 0.562. The highest BCUT2D eigenvalue weighted by Gasteiger charge is 2.29. The van der Waals surface area contributed by atoms with Gasteiger partial charge in [-0.15, -0.1) is 0 Å². The van der Waals surface area contributed by atoms with E-state index in [1.807, 2.05) is 4.90 Å². The lowest BCUT2D eigenvalue weighted by Crippen LogP contribution is -2.42. The molecule has 1 aromatic rings. The minimum absolute atomic E-state index is 0.0799. The van der Waals surface area contributed by atoms with Crippen LogP contribution in [-0.2, 0) is 0 Å². The Kier molecular flexibility index (Phi) is 4.01. The smallest absolute Gasteiger partial charge is 0.254 e. The minimum Gasteiger partial charge on any atom is -0.508 e. The van der Waals surface area contributed by atoms with E-state index in [9.17, 15) is 15.0 Å². The molecule has 1 aliphatic heterocycles. The van der Waals surface area contributed by atoms with Gasteiger partial charge in [-0.05, 0) is 50.3 Å². The zero-order valence-electron chi connectivity index (χ0n) is 12.1. The highest BCUT2D eigenvalue weighted by atomic mass is 16.3. The van der Waals surface area contributed by atoms with Crippen molar-refractivity contribution in [3.05, 3.63) is 23.8 Å². The number of rotatable bonds is 5. The van der Waals surface area contributed by atoms with E-state index in [1.165, 1.54) is 31.0 Å². The van der Waals surface area contributed by atoms with Gasteiger partial charge in [0.1, 0.15) is 11.5 Å². The first-order valence-corrected chi connectivity index (χ1v) is 7.67. The Morgan fingerprint density at radius 3 is 2.43 bits per heavy atom. The third-order valence-electron chi connectivity index (χ3n) is 4.22. The maximum absolute atomic E-state index is 12.7. The van der Waals surface area contributed by atoms with Crippen molar-refractivity contribution < 1.29 is 15.0 Å². The third kappa shape index (κ3) is 3.67. The van der Waals surface area contributed by atoms with Gasteiger partial charge in [0.15, 0.2) is 0 Å². The van der Waals surface area contributed by atoms with E-state index in [0.717, 1.165) is 25.9 Å². The molecule has 1 heterocycles. The van der Waals surface area contributed by atoms with Crippen LogP contribution in [0.1, 0.15) is 36.0 Å². The molecule has 5 nitrogen and oxygen atoms in total. The van der Waals surface area contributed by atoms with E-state index in [2.05, 4.69) is 5.32 Å². The Morgan fingerprint density at radius 2 is 1.86 bits per heavy atom. The van der Waals surface area contributed by atoms with Crippen LogP contribution >= 0.6 is 0 Å². The van der Waals surface area contributed by atoms with Crippen molar-refractivity contribution in [1.82, 2.24) is 10.2 Å². The molecule has 0 radical (unpaired) electrons. The van der Waals surface area contributed by atoms with Crippen LogP contribution in [0.2, 0.25) is 0 Å². The minimum atomic E-state index is -0.109. The van der Waals surface area contributed by atoms with Crippen molar-refractivity contribution in [2.24, 2.45) is 5.92 Å². The summed E-state index contributed by atoms with van der Waals surface area (Å²) in [6.07, 6.45) is 4.63. The summed E-state index contributed by atoms with van der Waals surface area (Å²) >= 11 is 0. The molecule has 21 heavy (non-hydrogen) atoms. The Hall–Kier alpha value is -1.75. The Labute approximate surface area is 124 Å². The first-order chi connectivity index (χ1) is 10.1. The predicted octanol–water partition coefficient (Wildman–Crippen LogP) is 1.70. The predicted molar refractivity (Wildman–Crippen MR) is 79.4 cm³/mol. The standard InChI is InChI=1S/C16H22N2O3/c19-14-6-12(7-15(20)8-14)16(21)18(9-11-3-4-11)10-13-2-1-5-17-13/h6-8,11,13,17,19-20H,1-5,9-10H2. The molecule has 0 spiro atoms. The van der Waals surface area contributed by atoms with Gasteiger partial charge in [-0.25, -0.2) is 0 Å². The van der Waals surface area contributed by atoms with Crippen molar-refractivity contribution in [3.63, 3.8) is 0 Å². The Morgan fingerprint density at radius 1 is 1.14 bits per heavy atom. The lowest BCUT2D eigenvalue weighted by Gasteiger charge is -2.26. The molecule has 2 aliphatic rings. The number of phenols is 2. The zero-order valence-corrected chi connectivity index (χ0v) is 12.1. The largest absolute Gasteiger partial charge is 0.508 e. The molecule has 2 fully saturated rings. The van der Waals surface area contributed by atoms with E-state index in [0.29, 0.717) is 24.1 Å². The number of amides is 1. The molecule has 1 aromatic carbocycles. The lowest BCUT2D eigenvalue weighted by molar-refractivity contribution is 0.0732. The summed E-state index contributed by atoms with van der Waals surface area (Å²) in [5.74, 6) is 0.343. The van der Waals surface area contributed by atoms with Crippen molar-refractivity contribution in [1.29, 1.82) is 0 Å². The fourth-order valence-corrected chi connectivity index (χ4v) is 2.93. The maximum atomic E-state index is 12.7. The quantitative estimate of drug-likeness (QED) is 0.772. The summed E-state index contributed by atoms with van der Waals surface area (Å²) in [4.78, 5) is 14.5. The lowest BCUT2D eigenvalue weighted by atomic mass is 10.1. The number of nitrogens with zero attached hydrogens (tertiary/aromatic N) is 1. The van der Waals surface area contributed by atoms with Crippen molar-refractivity contribution >= 4 is 5.91 Å². The molecule has 1 aliphatic carbocycles. The van der Waals surface area contributed by atoms with E-state index in [4.69, 9.17) is 0 Å². The highest BCUT2D eigenvalue weighted by Crippen LogP contribution is 2.31. The highest BCUT2D eigenvalue weighted by molar-refractivity contribution is 5.95. The summed E-state index contributed by atoms with van der Waals surface area (Å²) in [6, 6.07) is 4.44. The summed E-state index contributed by atoms with van der Waals surface area (Å²) in [5, 5.41) is 22.5. The van der Waals surface area contributed by atoms with Gasteiger partial charge in [-0.2, -0.15) is 0 Å². The van der Waals surface area contributed by atoms with Gasteiger partial charge in [0.25, 0.3) is 5.91 Å². The molecule has 1 amide bonds. The van der Waals surface area contributed by atoms with Crippen LogP contribution in [0.4, 0.5) is 0 Å². The van der Waals surface area contributed by atoms with Gasteiger partial charge >= 0.3 is 0 Å². The van der Waals surface area contributed by atoms with Gasteiger partial charge in [-0.1, -0.05) is 0 Å². The molecule has 114 valence electrons. The van der Waals surface area contributed by atoms with Crippen molar-refractivity contribution in [2.45, 2.75) is 31.7 Å². The number of nitrogens with one attached hydrogen (secondary N) is 1. The number of carbonyl (C=O) groups is 1. The molecule has 1 atom stereocenters. The van der Waals surface area contributed by atoms with E-state index in [1.54, 1.807) is 0 Å². The average molecular weight is 290 g/mol. The fourth-order valence-electron chi connectivity index (χ4n) is 2.93. The van der Waals surface area contributed by atoms with Crippen LogP contribution in [0, 0.1) is 5.92 Å². The monoisotopic (exact) mass is 290 g/mol. The zero-order chi connectivity index (χ0) is 14.8. The van der Waals surface area contributed by atoms with Gasteiger partial charge in [-0.3, -0.25) is 4.79 Å². The summed E-state index contributed by atoms with van der Waals surface area (Å²) in [7, 11) is 0. The summed E-state index contributed by atoms with van der Waals surface area (Å²) in [6.45, 7) is 2.49. The van der Waals surface area contributed by atoms with Crippen LogP contribution in [0.15, 0.2) is 18.2 Å². The molecule has 5 heteroatoms. The van der Waals surface area contributed by atoms with Crippen LogP contribution in [0.5, 0.6) is 11.5 Å². The molecule has 0 aromatic heterocycles. The number of phenolic OH excluding ortho intramolecular Hbond substituents is 2. The second kappa shape index (κ2) is 5.93. The molecule has 1 saturated heterocycles. The average Bonchev–Trinajstić information content (AvgIpc) is 3.10. The Bertz CT molecular complexity index is 502. The van der Waals surface area contributed by atoms with E-state index >= 15 is 0 Å². The van der Waals surface area contributed by atoms with E-state index < -0.39 is 0 Å². The number of hydrogen-bond acceptors (Lipinski definition) is 4. The molecule has 0 bridgehead atoms. The molecule has 3 rings (SSSR count). The number of benzene rings is 1.